The lowest BCUT2D eigenvalue weighted by Gasteiger charge is -2.24. The molecule has 1 aromatic heterocycles. The van der Waals surface area contributed by atoms with E-state index in [0.717, 1.165) is 15.8 Å². The van der Waals surface area contributed by atoms with Crippen LogP contribution in [-0.2, 0) is 0 Å². The van der Waals surface area contributed by atoms with Crippen LogP contribution in [0.5, 0.6) is 0 Å². The van der Waals surface area contributed by atoms with E-state index in [4.69, 9.17) is 0 Å². The van der Waals surface area contributed by atoms with E-state index in [9.17, 15) is 0 Å². The summed E-state index contributed by atoms with van der Waals surface area (Å²) in [5, 5.41) is 9.97. The summed E-state index contributed by atoms with van der Waals surface area (Å²) >= 11 is 1.60. The number of rotatable bonds is 3. The summed E-state index contributed by atoms with van der Waals surface area (Å²) in [4.78, 5) is 4.10. The number of aryl methyl sites for hydroxylation is 1. The van der Waals surface area contributed by atoms with Gasteiger partial charge in [0.15, 0.2) is 0 Å². The summed E-state index contributed by atoms with van der Waals surface area (Å²) < 4.78 is 0. The highest BCUT2D eigenvalue weighted by Gasteiger charge is 2.04. The third-order valence-corrected chi connectivity index (χ3v) is 2.50. The summed E-state index contributed by atoms with van der Waals surface area (Å²) in [5.74, 6) is 1.11. The SMILES string of the molecule is Cc1nnc(C=C(N(C)C)N(C)C)s1. The standard InChI is InChI=1S/C9H16N4S/c1-7-10-11-8(14-7)6-9(12(2)3)13(4)5/h6H,1-5H3. The van der Waals surface area contributed by atoms with Gasteiger partial charge < -0.3 is 9.80 Å². The van der Waals surface area contributed by atoms with E-state index in [-0.39, 0.29) is 0 Å². The van der Waals surface area contributed by atoms with Gasteiger partial charge in [0.2, 0.25) is 0 Å². The first kappa shape index (κ1) is 11.0. The third kappa shape index (κ3) is 2.70. The van der Waals surface area contributed by atoms with Gasteiger partial charge >= 0.3 is 0 Å². The van der Waals surface area contributed by atoms with Gasteiger partial charge in [-0.25, -0.2) is 0 Å². The van der Waals surface area contributed by atoms with Gasteiger partial charge in [-0.3, -0.25) is 0 Å². The first-order chi connectivity index (χ1) is 6.50. The van der Waals surface area contributed by atoms with Gasteiger partial charge in [0.25, 0.3) is 0 Å². The highest BCUT2D eigenvalue weighted by Crippen LogP contribution is 2.14. The van der Waals surface area contributed by atoms with E-state index < -0.39 is 0 Å². The first-order valence-electron chi connectivity index (χ1n) is 4.37. The Hall–Kier alpha value is -1.10. The zero-order valence-corrected chi connectivity index (χ0v) is 10.1. The first-order valence-corrected chi connectivity index (χ1v) is 5.19. The predicted octanol–water partition coefficient (Wildman–Crippen LogP) is 1.27. The summed E-state index contributed by atoms with van der Waals surface area (Å²) in [6, 6.07) is 0. The molecule has 1 rings (SSSR count). The maximum Gasteiger partial charge on any atom is 0.144 e. The number of hydrogen-bond donors (Lipinski definition) is 0. The van der Waals surface area contributed by atoms with Crippen molar-refractivity contribution in [3.8, 4) is 0 Å². The highest BCUT2D eigenvalue weighted by molar-refractivity contribution is 7.12. The second kappa shape index (κ2) is 4.41. The highest BCUT2D eigenvalue weighted by atomic mass is 32.1. The molecule has 4 nitrogen and oxygen atoms in total. The van der Waals surface area contributed by atoms with Crippen molar-refractivity contribution in [2.45, 2.75) is 6.92 Å². The fourth-order valence-electron chi connectivity index (χ4n) is 1.14. The fraction of sp³-hybridized carbons (Fsp3) is 0.556. The molecule has 0 spiro atoms. The lowest BCUT2D eigenvalue weighted by molar-refractivity contribution is 0.348. The topological polar surface area (TPSA) is 32.3 Å². The second-order valence-corrected chi connectivity index (χ2v) is 4.66. The fourth-order valence-corrected chi connectivity index (χ4v) is 1.77. The molecular weight excluding hydrogens is 196 g/mol. The molecule has 0 N–H and O–H groups in total. The van der Waals surface area contributed by atoms with Crippen molar-refractivity contribution >= 4 is 17.4 Å². The smallest absolute Gasteiger partial charge is 0.144 e. The van der Waals surface area contributed by atoms with Crippen LogP contribution >= 0.6 is 11.3 Å². The Kier molecular flexibility index (Phi) is 3.46. The molecule has 1 heterocycles. The Morgan fingerprint density at radius 1 is 1.14 bits per heavy atom. The van der Waals surface area contributed by atoms with Gasteiger partial charge in [-0.2, -0.15) is 0 Å². The van der Waals surface area contributed by atoms with Crippen LogP contribution in [0.2, 0.25) is 0 Å². The third-order valence-electron chi connectivity index (χ3n) is 1.71. The molecule has 0 aliphatic carbocycles. The van der Waals surface area contributed by atoms with E-state index in [1.807, 2.05) is 41.2 Å². The largest absolute Gasteiger partial charge is 0.364 e. The molecule has 0 saturated heterocycles. The van der Waals surface area contributed by atoms with Gasteiger partial charge in [0.1, 0.15) is 15.8 Å². The lowest BCUT2D eigenvalue weighted by atomic mass is 10.5. The van der Waals surface area contributed by atoms with Crippen LogP contribution in [0.1, 0.15) is 10.0 Å². The molecule has 0 bridgehead atoms. The van der Waals surface area contributed by atoms with Crippen LogP contribution in [0.25, 0.3) is 6.08 Å². The number of nitrogens with zero attached hydrogens (tertiary/aromatic N) is 4. The lowest BCUT2D eigenvalue weighted by Crippen LogP contribution is -2.24. The van der Waals surface area contributed by atoms with Gasteiger partial charge in [-0.1, -0.05) is 11.3 Å². The molecule has 1 aromatic rings. The summed E-state index contributed by atoms with van der Waals surface area (Å²) in [6.07, 6.45) is 2.03. The Morgan fingerprint density at radius 3 is 2.07 bits per heavy atom. The maximum atomic E-state index is 4.06. The van der Waals surface area contributed by atoms with Crippen molar-refractivity contribution in [2.24, 2.45) is 0 Å². The van der Waals surface area contributed by atoms with Crippen molar-refractivity contribution < 1.29 is 0 Å². The van der Waals surface area contributed by atoms with E-state index in [1.54, 1.807) is 11.3 Å². The predicted molar refractivity (Wildman–Crippen MR) is 60.0 cm³/mol. The van der Waals surface area contributed by atoms with Crippen LogP contribution in [-0.4, -0.2) is 48.2 Å². The quantitative estimate of drug-likeness (QED) is 0.755. The van der Waals surface area contributed by atoms with Gasteiger partial charge in [0.05, 0.1) is 0 Å². The van der Waals surface area contributed by atoms with E-state index in [2.05, 4.69) is 20.0 Å². The van der Waals surface area contributed by atoms with Crippen LogP contribution in [0.4, 0.5) is 0 Å². The number of aromatic nitrogens is 2. The van der Waals surface area contributed by atoms with E-state index in [0.29, 0.717) is 0 Å². The van der Waals surface area contributed by atoms with Gasteiger partial charge in [0, 0.05) is 34.3 Å². The van der Waals surface area contributed by atoms with Gasteiger partial charge in [-0.05, 0) is 6.92 Å². The van der Waals surface area contributed by atoms with Gasteiger partial charge in [-0.15, -0.1) is 10.2 Å². The van der Waals surface area contributed by atoms with E-state index >= 15 is 0 Å². The monoisotopic (exact) mass is 212 g/mol. The van der Waals surface area contributed by atoms with Crippen LogP contribution in [0.15, 0.2) is 5.82 Å². The number of hydrogen-bond acceptors (Lipinski definition) is 5. The Labute approximate surface area is 88.9 Å². The molecule has 0 aliphatic heterocycles. The zero-order valence-electron chi connectivity index (χ0n) is 9.27. The van der Waals surface area contributed by atoms with Crippen molar-refractivity contribution in [3.63, 3.8) is 0 Å². The molecule has 78 valence electrons. The molecule has 0 aliphatic rings. The molecule has 0 radical (unpaired) electrons. The molecule has 0 atom stereocenters. The molecule has 0 aromatic carbocycles. The Bertz CT molecular complexity index is 317. The molecule has 14 heavy (non-hydrogen) atoms. The van der Waals surface area contributed by atoms with Crippen LogP contribution in [0.3, 0.4) is 0 Å². The average molecular weight is 212 g/mol. The summed E-state index contributed by atoms with van der Waals surface area (Å²) in [6.45, 7) is 1.96. The Morgan fingerprint density at radius 2 is 1.71 bits per heavy atom. The molecule has 0 amide bonds. The second-order valence-electron chi connectivity index (χ2n) is 3.45. The normalized spacial score (nSPS) is 9.79. The molecule has 0 unspecified atom stereocenters. The van der Waals surface area contributed by atoms with Crippen molar-refractivity contribution in [2.75, 3.05) is 28.2 Å². The van der Waals surface area contributed by atoms with Crippen molar-refractivity contribution in [1.29, 1.82) is 0 Å². The molecule has 0 fully saturated rings. The van der Waals surface area contributed by atoms with Crippen molar-refractivity contribution in [3.05, 3.63) is 15.8 Å². The minimum atomic E-state index is 0.944. The van der Waals surface area contributed by atoms with Crippen LogP contribution < -0.4 is 0 Å². The maximum absolute atomic E-state index is 4.06. The molecule has 5 heteroatoms. The molecular formula is C9H16N4S. The summed E-state index contributed by atoms with van der Waals surface area (Å²) in [7, 11) is 8.05. The Balaban J connectivity index is 2.93. The van der Waals surface area contributed by atoms with Crippen molar-refractivity contribution in [1.82, 2.24) is 20.0 Å². The van der Waals surface area contributed by atoms with E-state index in [1.165, 1.54) is 0 Å². The zero-order chi connectivity index (χ0) is 10.7. The minimum Gasteiger partial charge on any atom is -0.364 e. The van der Waals surface area contributed by atoms with Crippen LogP contribution in [0, 0.1) is 6.92 Å². The summed E-state index contributed by atoms with van der Waals surface area (Å²) in [5.41, 5.74) is 0. The minimum absolute atomic E-state index is 0.944. The average Bonchev–Trinajstić information content (AvgIpc) is 2.46. The molecule has 0 saturated carbocycles.